The van der Waals surface area contributed by atoms with Crippen LogP contribution in [0, 0.1) is 6.92 Å². The second kappa shape index (κ2) is 4.18. The van der Waals surface area contributed by atoms with Gasteiger partial charge in [0.2, 0.25) is 0 Å². The highest BCUT2D eigenvalue weighted by Crippen LogP contribution is 2.12. The first-order valence-electron chi connectivity index (χ1n) is 4.40. The van der Waals surface area contributed by atoms with E-state index in [9.17, 15) is 4.79 Å². The van der Waals surface area contributed by atoms with E-state index in [2.05, 4.69) is 14.7 Å². The fraction of sp³-hybridized carbons (Fsp3) is 0.100. The third-order valence-electron chi connectivity index (χ3n) is 1.91. The zero-order chi connectivity index (χ0) is 10.7. The standard InChI is InChI=1S/C10H9N3OS/c1-7-9(6-15-13-7)10(14)12-8-3-2-4-11-5-8/h2-6H,1H3,(H,12,14). The summed E-state index contributed by atoms with van der Waals surface area (Å²) in [5.74, 6) is -0.144. The molecule has 1 amide bonds. The molecule has 4 nitrogen and oxygen atoms in total. The maximum absolute atomic E-state index is 11.7. The van der Waals surface area contributed by atoms with E-state index in [1.54, 1.807) is 29.9 Å². The summed E-state index contributed by atoms with van der Waals surface area (Å²) in [6, 6.07) is 3.56. The molecule has 0 atom stereocenters. The molecule has 0 spiro atoms. The summed E-state index contributed by atoms with van der Waals surface area (Å²) in [4.78, 5) is 15.6. The van der Waals surface area contributed by atoms with E-state index in [1.807, 2.05) is 6.92 Å². The smallest absolute Gasteiger partial charge is 0.258 e. The molecule has 0 unspecified atom stereocenters. The van der Waals surface area contributed by atoms with Gasteiger partial charge in [-0.2, -0.15) is 4.37 Å². The lowest BCUT2D eigenvalue weighted by Gasteiger charge is -2.02. The lowest BCUT2D eigenvalue weighted by Crippen LogP contribution is -2.12. The minimum Gasteiger partial charge on any atom is -0.321 e. The van der Waals surface area contributed by atoms with Crippen molar-refractivity contribution in [1.29, 1.82) is 0 Å². The lowest BCUT2D eigenvalue weighted by molar-refractivity contribution is 0.102. The third-order valence-corrected chi connectivity index (χ3v) is 2.63. The van der Waals surface area contributed by atoms with Gasteiger partial charge in [-0.15, -0.1) is 0 Å². The maximum Gasteiger partial charge on any atom is 0.258 e. The largest absolute Gasteiger partial charge is 0.321 e. The monoisotopic (exact) mass is 219 g/mol. The Bertz CT molecular complexity index is 467. The molecule has 0 saturated heterocycles. The number of carbonyl (C=O) groups excluding carboxylic acids is 1. The van der Waals surface area contributed by atoms with Crippen LogP contribution in [0.2, 0.25) is 0 Å². The van der Waals surface area contributed by atoms with Gasteiger partial charge in [0.1, 0.15) is 0 Å². The predicted molar refractivity (Wildman–Crippen MR) is 59.0 cm³/mol. The second-order valence-electron chi connectivity index (χ2n) is 3.01. The second-order valence-corrected chi connectivity index (χ2v) is 3.64. The Morgan fingerprint density at radius 2 is 2.40 bits per heavy atom. The van der Waals surface area contributed by atoms with Gasteiger partial charge in [0.05, 0.1) is 23.1 Å². The number of hydrogen-bond donors (Lipinski definition) is 1. The fourth-order valence-electron chi connectivity index (χ4n) is 1.15. The number of anilines is 1. The number of pyridine rings is 1. The molecule has 0 fully saturated rings. The van der Waals surface area contributed by atoms with Crippen molar-refractivity contribution in [1.82, 2.24) is 9.36 Å². The van der Waals surface area contributed by atoms with Gasteiger partial charge in [-0.3, -0.25) is 9.78 Å². The molecule has 76 valence electrons. The van der Waals surface area contributed by atoms with Crippen LogP contribution in [-0.2, 0) is 0 Å². The van der Waals surface area contributed by atoms with E-state index < -0.39 is 0 Å². The van der Waals surface area contributed by atoms with Crippen molar-refractivity contribution in [2.24, 2.45) is 0 Å². The van der Waals surface area contributed by atoms with Gasteiger partial charge in [0, 0.05) is 11.6 Å². The maximum atomic E-state index is 11.7. The van der Waals surface area contributed by atoms with Crippen molar-refractivity contribution in [3.8, 4) is 0 Å². The van der Waals surface area contributed by atoms with Gasteiger partial charge in [-0.05, 0) is 30.6 Å². The van der Waals surface area contributed by atoms with Crippen LogP contribution in [0.5, 0.6) is 0 Å². The Hall–Kier alpha value is -1.75. The van der Waals surface area contributed by atoms with Crippen molar-refractivity contribution in [3.63, 3.8) is 0 Å². The molecule has 0 aliphatic rings. The minimum atomic E-state index is -0.144. The van der Waals surface area contributed by atoms with Crippen LogP contribution >= 0.6 is 11.5 Å². The Balaban J connectivity index is 2.15. The molecule has 1 N–H and O–H groups in total. The summed E-state index contributed by atoms with van der Waals surface area (Å²) in [5, 5.41) is 4.49. The van der Waals surface area contributed by atoms with Crippen LogP contribution in [0.3, 0.4) is 0 Å². The van der Waals surface area contributed by atoms with Gasteiger partial charge in [-0.25, -0.2) is 0 Å². The number of rotatable bonds is 2. The number of nitrogens with one attached hydrogen (secondary N) is 1. The fourth-order valence-corrected chi connectivity index (χ4v) is 1.84. The van der Waals surface area contributed by atoms with Crippen LogP contribution < -0.4 is 5.32 Å². The average Bonchev–Trinajstić information content (AvgIpc) is 2.66. The van der Waals surface area contributed by atoms with Crippen molar-refractivity contribution in [3.05, 3.63) is 41.2 Å². The molecule has 2 aromatic heterocycles. The Labute approximate surface area is 91.2 Å². The summed E-state index contributed by atoms with van der Waals surface area (Å²) in [5.41, 5.74) is 2.05. The molecule has 0 aliphatic carbocycles. The van der Waals surface area contributed by atoms with Crippen LogP contribution in [-0.4, -0.2) is 15.3 Å². The molecule has 15 heavy (non-hydrogen) atoms. The quantitative estimate of drug-likeness (QED) is 0.841. The molecule has 2 rings (SSSR count). The molecule has 0 radical (unpaired) electrons. The van der Waals surface area contributed by atoms with Gasteiger partial charge < -0.3 is 5.32 Å². The Morgan fingerprint density at radius 1 is 1.53 bits per heavy atom. The summed E-state index contributed by atoms with van der Waals surface area (Å²) >= 11 is 1.28. The van der Waals surface area contributed by atoms with Crippen LogP contribution in [0.25, 0.3) is 0 Å². The SMILES string of the molecule is Cc1nscc1C(=O)Nc1cccnc1. The number of nitrogens with zero attached hydrogens (tertiary/aromatic N) is 2. The zero-order valence-electron chi connectivity index (χ0n) is 8.10. The van der Waals surface area contributed by atoms with Crippen molar-refractivity contribution >= 4 is 23.1 Å². The summed E-state index contributed by atoms with van der Waals surface area (Å²) in [7, 11) is 0. The third kappa shape index (κ3) is 2.19. The van der Waals surface area contributed by atoms with Crippen LogP contribution in [0.1, 0.15) is 16.1 Å². The summed E-state index contributed by atoms with van der Waals surface area (Å²) in [6.07, 6.45) is 3.26. The van der Waals surface area contributed by atoms with E-state index in [0.717, 1.165) is 5.69 Å². The highest BCUT2D eigenvalue weighted by atomic mass is 32.1. The van der Waals surface area contributed by atoms with E-state index in [0.29, 0.717) is 11.3 Å². The summed E-state index contributed by atoms with van der Waals surface area (Å²) < 4.78 is 4.04. The zero-order valence-corrected chi connectivity index (χ0v) is 8.91. The number of carbonyl (C=O) groups is 1. The van der Waals surface area contributed by atoms with E-state index in [-0.39, 0.29) is 5.91 Å². The highest BCUT2D eigenvalue weighted by Gasteiger charge is 2.10. The summed E-state index contributed by atoms with van der Waals surface area (Å²) in [6.45, 7) is 1.81. The van der Waals surface area contributed by atoms with Crippen LogP contribution in [0.15, 0.2) is 29.9 Å². The molecule has 0 aliphatic heterocycles. The molecule has 0 saturated carbocycles. The minimum absolute atomic E-state index is 0.144. The molecular weight excluding hydrogens is 210 g/mol. The molecular formula is C10H9N3OS. The first kappa shape index (κ1) is 9.79. The number of hydrogen-bond acceptors (Lipinski definition) is 4. The van der Waals surface area contributed by atoms with Crippen molar-refractivity contribution in [2.75, 3.05) is 5.32 Å². The van der Waals surface area contributed by atoms with Gasteiger partial charge in [0.25, 0.3) is 5.91 Å². The first-order chi connectivity index (χ1) is 7.27. The van der Waals surface area contributed by atoms with Crippen molar-refractivity contribution in [2.45, 2.75) is 6.92 Å². The first-order valence-corrected chi connectivity index (χ1v) is 5.23. The normalized spacial score (nSPS) is 9.93. The van der Waals surface area contributed by atoms with Crippen LogP contribution in [0.4, 0.5) is 5.69 Å². The van der Waals surface area contributed by atoms with Gasteiger partial charge in [-0.1, -0.05) is 0 Å². The van der Waals surface area contributed by atoms with Crippen molar-refractivity contribution < 1.29 is 4.79 Å². The Morgan fingerprint density at radius 3 is 3.00 bits per heavy atom. The molecule has 0 aromatic carbocycles. The van der Waals surface area contributed by atoms with Gasteiger partial charge in [0.15, 0.2) is 0 Å². The number of aryl methyl sites for hydroxylation is 1. The van der Waals surface area contributed by atoms with E-state index >= 15 is 0 Å². The predicted octanol–water partition coefficient (Wildman–Crippen LogP) is 2.10. The number of amides is 1. The topological polar surface area (TPSA) is 54.9 Å². The van der Waals surface area contributed by atoms with Gasteiger partial charge >= 0.3 is 0 Å². The highest BCUT2D eigenvalue weighted by molar-refractivity contribution is 7.04. The number of aromatic nitrogens is 2. The average molecular weight is 219 g/mol. The Kier molecular flexibility index (Phi) is 2.73. The van der Waals surface area contributed by atoms with E-state index in [4.69, 9.17) is 0 Å². The van der Waals surface area contributed by atoms with E-state index in [1.165, 1.54) is 11.5 Å². The molecule has 2 aromatic rings. The lowest BCUT2D eigenvalue weighted by atomic mass is 10.2. The molecule has 5 heteroatoms. The molecule has 2 heterocycles. The molecule has 0 bridgehead atoms.